The van der Waals surface area contributed by atoms with E-state index in [0.29, 0.717) is 18.9 Å². The van der Waals surface area contributed by atoms with Gasteiger partial charge in [-0.2, -0.15) is 0 Å². The summed E-state index contributed by atoms with van der Waals surface area (Å²) < 4.78 is 5.72. The molecule has 22 heavy (non-hydrogen) atoms. The van der Waals surface area contributed by atoms with Crippen LogP contribution in [0, 0.1) is 13.8 Å². The summed E-state index contributed by atoms with van der Waals surface area (Å²) in [6, 6.07) is 10.2. The quantitative estimate of drug-likeness (QED) is 0.746. The molecule has 0 radical (unpaired) electrons. The maximum Gasteiger partial charge on any atom is 0.230 e. The number of thioether (sulfide) groups is 1. The number of carbonyl (C=O) groups excluding carboxylic acids is 1. The average Bonchev–Trinajstić information content (AvgIpc) is 2.97. The van der Waals surface area contributed by atoms with E-state index >= 15 is 0 Å². The van der Waals surface area contributed by atoms with Crippen molar-refractivity contribution in [2.24, 2.45) is 0 Å². The van der Waals surface area contributed by atoms with Crippen LogP contribution in [0.3, 0.4) is 0 Å². The lowest BCUT2D eigenvalue weighted by Crippen LogP contribution is -2.24. The summed E-state index contributed by atoms with van der Waals surface area (Å²) in [7, 11) is 0. The monoisotopic (exact) mass is 335 g/mol. The largest absolute Gasteiger partial charge is 0.493 e. The van der Waals surface area contributed by atoms with Gasteiger partial charge < -0.3 is 10.1 Å². The van der Waals surface area contributed by atoms with E-state index in [9.17, 15) is 4.79 Å². The number of hydrogen-bond donors (Lipinski definition) is 1. The molecule has 1 N–H and O–H groups in total. The van der Waals surface area contributed by atoms with Gasteiger partial charge in [0.2, 0.25) is 5.91 Å². The summed E-state index contributed by atoms with van der Waals surface area (Å²) in [6.45, 7) is 5.36. The van der Waals surface area contributed by atoms with Crippen molar-refractivity contribution in [3.63, 3.8) is 0 Å². The minimum absolute atomic E-state index is 0.0739. The van der Waals surface area contributed by atoms with Crippen molar-refractivity contribution in [2.75, 3.05) is 18.1 Å². The fourth-order valence-corrected chi connectivity index (χ4v) is 3.33. The Morgan fingerprint density at radius 2 is 2.05 bits per heavy atom. The van der Waals surface area contributed by atoms with E-state index in [1.165, 1.54) is 16.0 Å². The summed E-state index contributed by atoms with van der Waals surface area (Å²) >= 11 is 3.25. The van der Waals surface area contributed by atoms with Gasteiger partial charge >= 0.3 is 0 Å². The average molecular weight is 335 g/mol. The highest BCUT2D eigenvalue weighted by atomic mass is 32.2. The van der Waals surface area contributed by atoms with E-state index in [1.54, 1.807) is 23.1 Å². The summed E-state index contributed by atoms with van der Waals surface area (Å²) in [6.07, 6.45) is 0. The number of carbonyl (C=O) groups is 1. The first kappa shape index (κ1) is 16.9. The minimum atomic E-state index is 0.0739. The fourth-order valence-electron chi connectivity index (χ4n) is 2.05. The molecule has 0 fully saturated rings. The number of thiophene rings is 1. The van der Waals surface area contributed by atoms with Crippen molar-refractivity contribution in [2.45, 2.75) is 20.4 Å². The normalized spacial score (nSPS) is 10.5. The first-order chi connectivity index (χ1) is 10.6. The van der Waals surface area contributed by atoms with Gasteiger partial charge in [-0.1, -0.05) is 12.1 Å². The molecule has 1 aromatic heterocycles. The van der Waals surface area contributed by atoms with Crippen molar-refractivity contribution >= 4 is 29.0 Å². The van der Waals surface area contributed by atoms with Gasteiger partial charge in [0.15, 0.2) is 0 Å². The molecule has 1 amide bonds. The van der Waals surface area contributed by atoms with Crippen molar-refractivity contribution < 1.29 is 9.53 Å². The van der Waals surface area contributed by atoms with Crippen LogP contribution >= 0.6 is 23.1 Å². The molecule has 0 saturated heterocycles. The predicted octanol–water partition coefficient (Wildman–Crippen LogP) is 3.79. The number of benzene rings is 1. The zero-order valence-electron chi connectivity index (χ0n) is 12.9. The molecule has 0 aliphatic rings. The minimum Gasteiger partial charge on any atom is -0.493 e. The second-order valence-electron chi connectivity index (χ2n) is 5.08. The maximum atomic E-state index is 11.7. The maximum absolute atomic E-state index is 11.7. The Hall–Kier alpha value is -1.46. The molecule has 0 aliphatic carbocycles. The Morgan fingerprint density at radius 3 is 2.73 bits per heavy atom. The first-order valence-corrected chi connectivity index (χ1v) is 9.25. The van der Waals surface area contributed by atoms with Crippen molar-refractivity contribution in [3.8, 4) is 5.75 Å². The number of rotatable bonds is 8. The smallest absolute Gasteiger partial charge is 0.230 e. The molecule has 5 heteroatoms. The zero-order chi connectivity index (χ0) is 15.8. The highest BCUT2D eigenvalue weighted by Gasteiger charge is 2.02. The van der Waals surface area contributed by atoms with Gasteiger partial charge in [-0.3, -0.25) is 4.79 Å². The van der Waals surface area contributed by atoms with E-state index in [0.717, 1.165) is 11.5 Å². The summed E-state index contributed by atoms with van der Waals surface area (Å²) in [5.41, 5.74) is 2.41. The number of amides is 1. The van der Waals surface area contributed by atoms with E-state index in [2.05, 4.69) is 25.2 Å². The van der Waals surface area contributed by atoms with Crippen LogP contribution in [0.2, 0.25) is 0 Å². The van der Waals surface area contributed by atoms with Crippen molar-refractivity contribution in [1.82, 2.24) is 5.32 Å². The van der Waals surface area contributed by atoms with E-state index in [1.807, 2.05) is 29.6 Å². The Morgan fingerprint density at radius 1 is 1.27 bits per heavy atom. The SMILES string of the molecule is Cc1cc(C)cc(OCCSCC(=O)NCc2cccs2)c1. The molecule has 0 unspecified atom stereocenters. The lowest BCUT2D eigenvalue weighted by molar-refractivity contribution is -0.118. The number of hydrogen-bond acceptors (Lipinski definition) is 4. The van der Waals surface area contributed by atoms with Gasteiger partial charge in [-0.05, 0) is 48.6 Å². The van der Waals surface area contributed by atoms with Gasteiger partial charge in [0.25, 0.3) is 0 Å². The standard InChI is InChI=1S/C17H21NO2S2/c1-13-8-14(2)10-15(9-13)20-5-7-21-12-17(19)18-11-16-4-3-6-22-16/h3-4,6,8-10H,5,7,11-12H2,1-2H3,(H,18,19). The number of ether oxygens (including phenoxy) is 1. The van der Waals surface area contributed by atoms with Gasteiger partial charge in [-0.25, -0.2) is 0 Å². The molecule has 2 rings (SSSR count). The van der Waals surface area contributed by atoms with Crippen LogP contribution in [0.25, 0.3) is 0 Å². The van der Waals surface area contributed by atoms with Crippen LogP contribution < -0.4 is 10.1 Å². The summed E-state index contributed by atoms with van der Waals surface area (Å²) in [5.74, 6) is 2.26. The van der Waals surface area contributed by atoms with Crippen LogP contribution in [-0.2, 0) is 11.3 Å². The lowest BCUT2D eigenvalue weighted by Gasteiger charge is -2.08. The van der Waals surface area contributed by atoms with Crippen LogP contribution in [0.1, 0.15) is 16.0 Å². The fraction of sp³-hybridized carbons (Fsp3) is 0.353. The third kappa shape index (κ3) is 6.12. The molecule has 0 bridgehead atoms. The van der Waals surface area contributed by atoms with E-state index in [4.69, 9.17) is 4.74 Å². The topological polar surface area (TPSA) is 38.3 Å². The second-order valence-corrected chi connectivity index (χ2v) is 7.22. The molecule has 118 valence electrons. The third-order valence-electron chi connectivity index (χ3n) is 2.96. The Kier molecular flexibility index (Phi) is 6.80. The molecular weight excluding hydrogens is 314 g/mol. The molecule has 0 aliphatic heterocycles. The number of aryl methyl sites for hydroxylation is 2. The van der Waals surface area contributed by atoms with Gasteiger partial charge in [0.05, 0.1) is 18.9 Å². The van der Waals surface area contributed by atoms with E-state index < -0.39 is 0 Å². The molecular formula is C17H21NO2S2. The van der Waals surface area contributed by atoms with Crippen LogP contribution in [0.15, 0.2) is 35.7 Å². The first-order valence-electron chi connectivity index (χ1n) is 7.21. The molecule has 0 atom stereocenters. The van der Waals surface area contributed by atoms with Gasteiger partial charge in [0.1, 0.15) is 5.75 Å². The highest BCUT2D eigenvalue weighted by molar-refractivity contribution is 7.99. The highest BCUT2D eigenvalue weighted by Crippen LogP contribution is 2.16. The Balaban J connectivity index is 1.57. The Labute approximate surface area is 140 Å². The van der Waals surface area contributed by atoms with Gasteiger partial charge in [-0.15, -0.1) is 23.1 Å². The van der Waals surface area contributed by atoms with Crippen molar-refractivity contribution in [3.05, 3.63) is 51.7 Å². The van der Waals surface area contributed by atoms with Crippen LogP contribution in [0.5, 0.6) is 5.75 Å². The van der Waals surface area contributed by atoms with E-state index in [-0.39, 0.29) is 5.91 Å². The Bertz CT molecular complexity index is 576. The molecule has 0 saturated carbocycles. The molecule has 0 spiro atoms. The lowest BCUT2D eigenvalue weighted by atomic mass is 10.1. The third-order valence-corrected chi connectivity index (χ3v) is 4.76. The summed E-state index contributed by atoms with van der Waals surface area (Å²) in [4.78, 5) is 12.9. The molecule has 2 aromatic rings. The van der Waals surface area contributed by atoms with Crippen molar-refractivity contribution in [1.29, 1.82) is 0 Å². The zero-order valence-corrected chi connectivity index (χ0v) is 14.6. The number of nitrogens with one attached hydrogen (secondary N) is 1. The molecule has 1 heterocycles. The van der Waals surface area contributed by atoms with Crippen LogP contribution in [0.4, 0.5) is 0 Å². The van der Waals surface area contributed by atoms with Gasteiger partial charge in [0, 0.05) is 10.6 Å². The molecule has 1 aromatic carbocycles. The molecule has 3 nitrogen and oxygen atoms in total. The second kappa shape index (κ2) is 8.86. The predicted molar refractivity (Wildman–Crippen MR) is 94.9 cm³/mol. The summed E-state index contributed by atoms with van der Waals surface area (Å²) in [5, 5.41) is 4.93. The van der Waals surface area contributed by atoms with Crippen LogP contribution in [-0.4, -0.2) is 24.0 Å².